The van der Waals surface area contributed by atoms with Gasteiger partial charge in [-0.15, -0.1) is 0 Å². The first-order chi connectivity index (χ1) is 10.7. The SMILES string of the molecule is CN(C(=O)OCc1ccccc1)c1cc2n(n1)CCCNC2. The van der Waals surface area contributed by atoms with Crippen LogP contribution in [0, 0.1) is 0 Å². The number of ether oxygens (including phenoxy) is 1. The molecule has 0 saturated heterocycles. The fraction of sp³-hybridized carbons (Fsp3) is 0.375. The minimum absolute atomic E-state index is 0.263. The molecule has 2 aromatic rings. The molecule has 1 aliphatic heterocycles. The quantitative estimate of drug-likeness (QED) is 0.943. The smallest absolute Gasteiger partial charge is 0.415 e. The van der Waals surface area contributed by atoms with Gasteiger partial charge in [0.05, 0.1) is 5.69 Å². The molecule has 0 radical (unpaired) electrons. The van der Waals surface area contributed by atoms with Crippen LogP contribution in [0.2, 0.25) is 0 Å². The molecule has 6 nitrogen and oxygen atoms in total. The number of hydrogen-bond donors (Lipinski definition) is 1. The number of nitrogens with one attached hydrogen (secondary N) is 1. The molecule has 0 saturated carbocycles. The highest BCUT2D eigenvalue weighted by molar-refractivity contribution is 5.85. The van der Waals surface area contributed by atoms with E-state index in [-0.39, 0.29) is 6.61 Å². The van der Waals surface area contributed by atoms with Crippen LogP contribution in [0.3, 0.4) is 0 Å². The number of anilines is 1. The summed E-state index contributed by atoms with van der Waals surface area (Å²) in [6.07, 6.45) is 0.640. The number of hydrogen-bond acceptors (Lipinski definition) is 4. The van der Waals surface area contributed by atoms with Crippen molar-refractivity contribution in [2.75, 3.05) is 18.5 Å². The number of nitrogens with zero attached hydrogens (tertiary/aromatic N) is 3. The minimum Gasteiger partial charge on any atom is -0.444 e. The van der Waals surface area contributed by atoms with E-state index < -0.39 is 6.09 Å². The maximum Gasteiger partial charge on any atom is 0.415 e. The Morgan fingerprint density at radius 1 is 1.41 bits per heavy atom. The van der Waals surface area contributed by atoms with Crippen molar-refractivity contribution in [3.8, 4) is 0 Å². The van der Waals surface area contributed by atoms with Gasteiger partial charge in [-0.3, -0.25) is 9.58 Å². The third-order valence-electron chi connectivity index (χ3n) is 3.70. The maximum absolute atomic E-state index is 12.1. The van der Waals surface area contributed by atoms with Gasteiger partial charge in [-0.2, -0.15) is 5.10 Å². The van der Waals surface area contributed by atoms with Crippen molar-refractivity contribution >= 4 is 11.9 Å². The van der Waals surface area contributed by atoms with E-state index in [2.05, 4.69) is 10.4 Å². The molecule has 2 heterocycles. The Bertz CT molecular complexity index is 615. The van der Waals surface area contributed by atoms with Crippen LogP contribution in [-0.2, 0) is 24.4 Å². The summed E-state index contributed by atoms with van der Waals surface area (Å²) < 4.78 is 7.28. The zero-order valence-electron chi connectivity index (χ0n) is 12.7. The van der Waals surface area contributed by atoms with Crippen LogP contribution in [0.1, 0.15) is 17.7 Å². The van der Waals surface area contributed by atoms with Crippen LogP contribution >= 0.6 is 0 Å². The molecule has 0 unspecified atom stereocenters. The lowest BCUT2D eigenvalue weighted by molar-refractivity contribution is 0.148. The van der Waals surface area contributed by atoms with Gasteiger partial charge >= 0.3 is 6.09 Å². The van der Waals surface area contributed by atoms with E-state index in [9.17, 15) is 4.79 Å². The molecule has 6 heteroatoms. The molecule has 0 aliphatic carbocycles. The second-order valence-corrected chi connectivity index (χ2v) is 5.35. The second kappa shape index (κ2) is 6.62. The van der Waals surface area contributed by atoms with Crippen molar-refractivity contribution in [1.29, 1.82) is 0 Å². The van der Waals surface area contributed by atoms with Gasteiger partial charge in [-0.25, -0.2) is 4.79 Å². The summed E-state index contributed by atoms with van der Waals surface area (Å²) >= 11 is 0. The van der Waals surface area contributed by atoms with Crippen LogP contribution in [0.25, 0.3) is 0 Å². The third-order valence-corrected chi connectivity index (χ3v) is 3.70. The number of rotatable bonds is 3. The molecular formula is C16H20N4O2. The van der Waals surface area contributed by atoms with E-state index in [4.69, 9.17) is 4.74 Å². The summed E-state index contributed by atoms with van der Waals surface area (Å²) in [4.78, 5) is 13.6. The molecule has 1 aromatic carbocycles. The van der Waals surface area contributed by atoms with E-state index in [0.717, 1.165) is 37.3 Å². The van der Waals surface area contributed by atoms with E-state index >= 15 is 0 Å². The molecule has 3 rings (SSSR count). The van der Waals surface area contributed by atoms with E-state index in [0.29, 0.717) is 5.82 Å². The topological polar surface area (TPSA) is 59.4 Å². The van der Waals surface area contributed by atoms with Gasteiger partial charge in [0.2, 0.25) is 0 Å². The molecule has 1 amide bonds. The van der Waals surface area contributed by atoms with Gasteiger partial charge in [-0.1, -0.05) is 30.3 Å². The molecular weight excluding hydrogens is 280 g/mol. The number of fused-ring (bicyclic) bond motifs is 1. The van der Waals surface area contributed by atoms with Gasteiger partial charge in [0.25, 0.3) is 0 Å². The predicted octanol–water partition coefficient (Wildman–Crippen LogP) is 2.15. The number of aromatic nitrogens is 2. The second-order valence-electron chi connectivity index (χ2n) is 5.35. The summed E-state index contributed by atoms with van der Waals surface area (Å²) in [5.74, 6) is 0.622. The number of benzene rings is 1. The highest BCUT2D eigenvalue weighted by Gasteiger charge is 2.18. The van der Waals surface area contributed by atoms with Crippen LogP contribution in [0.15, 0.2) is 36.4 Å². The lowest BCUT2D eigenvalue weighted by Gasteiger charge is -2.14. The van der Waals surface area contributed by atoms with Crippen molar-refractivity contribution in [1.82, 2.24) is 15.1 Å². The molecule has 116 valence electrons. The fourth-order valence-electron chi connectivity index (χ4n) is 2.42. The Balaban J connectivity index is 1.63. The first-order valence-electron chi connectivity index (χ1n) is 7.46. The first kappa shape index (κ1) is 14.6. The predicted molar refractivity (Wildman–Crippen MR) is 83.6 cm³/mol. The van der Waals surface area contributed by atoms with Gasteiger partial charge in [-0.05, 0) is 18.5 Å². The largest absolute Gasteiger partial charge is 0.444 e. The Morgan fingerprint density at radius 3 is 3.05 bits per heavy atom. The molecule has 0 spiro atoms. The monoisotopic (exact) mass is 300 g/mol. The average Bonchev–Trinajstić information content (AvgIpc) is 2.83. The van der Waals surface area contributed by atoms with Gasteiger partial charge in [0.15, 0.2) is 5.82 Å². The lowest BCUT2D eigenvalue weighted by atomic mass is 10.2. The van der Waals surface area contributed by atoms with Crippen molar-refractivity contribution in [3.05, 3.63) is 47.7 Å². The Kier molecular flexibility index (Phi) is 4.39. The molecule has 1 N–H and O–H groups in total. The molecule has 0 bridgehead atoms. The number of aryl methyl sites for hydroxylation is 1. The van der Waals surface area contributed by atoms with E-state index in [1.165, 1.54) is 4.90 Å². The average molecular weight is 300 g/mol. The van der Waals surface area contributed by atoms with Crippen molar-refractivity contribution in [3.63, 3.8) is 0 Å². The van der Waals surface area contributed by atoms with Gasteiger partial charge < -0.3 is 10.1 Å². The maximum atomic E-state index is 12.1. The molecule has 1 aliphatic rings. The highest BCUT2D eigenvalue weighted by Crippen LogP contribution is 2.16. The summed E-state index contributed by atoms with van der Waals surface area (Å²) in [7, 11) is 1.68. The van der Waals surface area contributed by atoms with Gasteiger partial charge in [0, 0.05) is 26.2 Å². The Morgan fingerprint density at radius 2 is 2.23 bits per heavy atom. The van der Waals surface area contributed by atoms with Crippen LogP contribution in [0.5, 0.6) is 0 Å². The number of amides is 1. The summed E-state index contributed by atoms with van der Waals surface area (Å²) in [6.45, 7) is 2.90. The number of carbonyl (C=O) groups is 1. The van der Waals surface area contributed by atoms with Gasteiger partial charge in [0.1, 0.15) is 6.61 Å². The van der Waals surface area contributed by atoms with Crippen molar-refractivity contribution < 1.29 is 9.53 Å². The minimum atomic E-state index is -0.398. The Labute approximate surface area is 129 Å². The summed E-state index contributed by atoms with van der Waals surface area (Å²) in [5.41, 5.74) is 2.06. The number of carbonyl (C=O) groups excluding carboxylic acids is 1. The highest BCUT2D eigenvalue weighted by atomic mass is 16.6. The molecule has 0 fully saturated rings. The van der Waals surface area contributed by atoms with E-state index in [1.807, 2.05) is 41.1 Å². The van der Waals surface area contributed by atoms with Crippen molar-refractivity contribution in [2.45, 2.75) is 26.1 Å². The zero-order chi connectivity index (χ0) is 15.4. The molecule has 1 aromatic heterocycles. The normalized spacial score (nSPS) is 14.0. The fourth-order valence-corrected chi connectivity index (χ4v) is 2.42. The third kappa shape index (κ3) is 3.28. The molecule has 0 atom stereocenters. The standard InChI is InChI=1S/C16H20N4O2/c1-19(16(21)22-12-13-6-3-2-4-7-13)15-10-14-11-17-8-5-9-20(14)18-15/h2-4,6-7,10,17H,5,8-9,11-12H2,1H3. The lowest BCUT2D eigenvalue weighted by Crippen LogP contribution is -2.27. The van der Waals surface area contributed by atoms with Crippen LogP contribution in [-0.4, -0.2) is 29.5 Å². The summed E-state index contributed by atoms with van der Waals surface area (Å²) in [5, 5.41) is 7.82. The molecule has 22 heavy (non-hydrogen) atoms. The van der Waals surface area contributed by atoms with Crippen molar-refractivity contribution in [2.24, 2.45) is 0 Å². The van der Waals surface area contributed by atoms with Crippen LogP contribution in [0.4, 0.5) is 10.6 Å². The zero-order valence-corrected chi connectivity index (χ0v) is 12.7. The first-order valence-corrected chi connectivity index (χ1v) is 7.46. The summed E-state index contributed by atoms with van der Waals surface area (Å²) in [6, 6.07) is 11.6. The van der Waals surface area contributed by atoms with Crippen LogP contribution < -0.4 is 10.2 Å². The van der Waals surface area contributed by atoms with E-state index in [1.54, 1.807) is 7.05 Å². The Hall–Kier alpha value is -2.34.